The molecule has 0 saturated heterocycles. The third-order valence-electron chi connectivity index (χ3n) is 6.04. The van der Waals surface area contributed by atoms with Gasteiger partial charge in [0.1, 0.15) is 24.7 Å². The molecule has 0 spiro atoms. The van der Waals surface area contributed by atoms with E-state index in [9.17, 15) is 9.59 Å². The van der Waals surface area contributed by atoms with Crippen molar-refractivity contribution < 1.29 is 28.5 Å². The van der Waals surface area contributed by atoms with Crippen molar-refractivity contribution in [2.24, 2.45) is 0 Å². The van der Waals surface area contributed by atoms with Crippen molar-refractivity contribution in [3.05, 3.63) is 59.7 Å². The highest BCUT2D eigenvalue weighted by Crippen LogP contribution is 2.24. The van der Waals surface area contributed by atoms with E-state index in [-0.39, 0.29) is 23.9 Å². The van der Waals surface area contributed by atoms with E-state index in [4.69, 9.17) is 18.9 Å². The highest BCUT2D eigenvalue weighted by Gasteiger charge is 2.29. The van der Waals surface area contributed by atoms with Gasteiger partial charge in [-0.3, -0.25) is 9.59 Å². The van der Waals surface area contributed by atoms with Gasteiger partial charge in [0.25, 0.3) is 11.8 Å². The van der Waals surface area contributed by atoms with Gasteiger partial charge in [-0.1, -0.05) is 37.1 Å². The molecule has 0 heterocycles. The maximum Gasteiger partial charge on any atom is 0.255 e. The van der Waals surface area contributed by atoms with Crippen LogP contribution in [0.25, 0.3) is 0 Å². The Labute approximate surface area is 213 Å². The summed E-state index contributed by atoms with van der Waals surface area (Å²) in [5, 5.41) is 6.27. The van der Waals surface area contributed by atoms with Crippen LogP contribution in [-0.4, -0.2) is 63.5 Å². The van der Waals surface area contributed by atoms with Crippen LogP contribution in [0.3, 0.4) is 0 Å². The summed E-state index contributed by atoms with van der Waals surface area (Å²) in [5.74, 6) is 0.606. The van der Waals surface area contributed by atoms with Crippen LogP contribution in [0, 0.1) is 0 Å². The number of amides is 2. The first-order valence-electron chi connectivity index (χ1n) is 12.8. The standard InChI is InChI=1S/C28H38N2O6/c1-3-33-17-19-35-25-15-9-5-11-21(25)27(31)29-23-13-7-8-14-24(23)30-28(32)22-12-6-10-16-26(22)36-20-18-34-4-2/h5-6,9-12,15-16,23-24H,3-4,7-8,13-14,17-20H2,1-2H3,(H,29,31)(H,30,32). The quantitative estimate of drug-likeness (QED) is 0.383. The van der Waals surface area contributed by atoms with Gasteiger partial charge < -0.3 is 29.6 Å². The Kier molecular flexibility index (Phi) is 11.5. The third kappa shape index (κ3) is 8.24. The summed E-state index contributed by atoms with van der Waals surface area (Å²) in [5.41, 5.74) is 0.940. The minimum absolute atomic E-state index is 0.183. The van der Waals surface area contributed by atoms with Crippen molar-refractivity contribution in [2.45, 2.75) is 51.6 Å². The number of nitrogens with one attached hydrogen (secondary N) is 2. The Balaban J connectivity index is 1.63. The lowest BCUT2D eigenvalue weighted by molar-refractivity contribution is 0.0850. The molecule has 0 bridgehead atoms. The van der Waals surface area contributed by atoms with E-state index in [1.165, 1.54) is 0 Å². The van der Waals surface area contributed by atoms with E-state index in [2.05, 4.69) is 10.6 Å². The highest BCUT2D eigenvalue weighted by molar-refractivity contribution is 5.98. The van der Waals surface area contributed by atoms with Crippen LogP contribution in [0.1, 0.15) is 60.2 Å². The summed E-state index contributed by atoms with van der Waals surface area (Å²) < 4.78 is 22.2. The predicted octanol–water partition coefficient (Wildman–Crippen LogP) is 3.99. The van der Waals surface area contributed by atoms with Gasteiger partial charge in [-0.25, -0.2) is 0 Å². The zero-order valence-electron chi connectivity index (χ0n) is 21.3. The molecule has 0 aromatic heterocycles. The van der Waals surface area contributed by atoms with E-state index in [1.54, 1.807) is 24.3 Å². The third-order valence-corrected chi connectivity index (χ3v) is 6.04. The monoisotopic (exact) mass is 498 g/mol. The molecule has 2 N–H and O–H groups in total. The average molecular weight is 499 g/mol. The Bertz CT molecular complexity index is 889. The summed E-state index contributed by atoms with van der Waals surface area (Å²) in [6.07, 6.45) is 3.55. The van der Waals surface area contributed by atoms with Gasteiger partial charge in [0, 0.05) is 25.3 Å². The Morgan fingerprint density at radius 3 is 1.53 bits per heavy atom. The lowest BCUT2D eigenvalue weighted by atomic mass is 9.89. The molecular weight excluding hydrogens is 460 g/mol. The van der Waals surface area contributed by atoms with Crippen LogP contribution < -0.4 is 20.1 Å². The fourth-order valence-corrected chi connectivity index (χ4v) is 4.24. The van der Waals surface area contributed by atoms with Crippen molar-refractivity contribution >= 4 is 11.8 Å². The number of para-hydroxylation sites is 2. The van der Waals surface area contributed by atoms with Crippen molar-refractivity contribution in [1.29, 1.82) is 0 Å². The van der Waals surface area contributed by atoms with Gasteiger partial charge in [-0.2, -0.15) is 0 Å². The van der Waals surface area contributed by atoms with Gasteiger partial charge in [-0.05, 0) is 51.0 Å². The number of hydrogen-bond acceptors (Lipinski definition) is 6. The van der Waals surface area contributed by atoms with Crippen LogP contribution >= 0.6 is 0 Å². The summed E-state index contributed by atoms with van der Waals surface area (Å²) in [6, 6.07) is 14.0. The van der Waals surface area contributed by atoms with E-state index >= 15 is 0 Å². The highest BCUT2D eigenvalue weighted by atomic mass is 16.5. The Morgan fingerprint density at radius 2 is 1.11 bits per heavy atom. The van der Waals surface area contributed by atoms with Gasteiger partial charge in [-0.15, -0.1) is 0 Å². The number of ether oxygens (including phenoxy) is 4. The number of hydrogen-bond donors (Lipinski definition) is 2. The zero-order chi connectivity index (χ0) is 25.6. The lowest BCUT2D eigenvalue weighted by Gasteiger charge is -2.33. The molecule has 8 heteroatoms. The Hall–Kier alpha value is -3.10. The molecule has 2 amide bonds. The van der Waals surface area contributed by atoms with E-state index in [1.807, 2.05) is 38.1 Å². The van der Waals surface area contributed by atoms with Crippen molar-refractivity contribution in [3.63, 3.8) is 0 Å². The summed E-state index contributed by atoms with van der Waals surface area (Å²) in [4.78, 5) is 26.4. The average Bonchev–Trinajstić information content (AvgIpc) is 2.90. The SMILES string of the molecule is CCOCCOc1ccccc1C(=O)NC1CCCCC1NC(=O)c1ccccc1OCCOCC. The van der Waals surface area contributed by atoms with Crippen molar-refractivity contribution in [1.82, 2.24) is 10.6 Å². The summed E-state index contributed by atoms with van der Waals surface area (Å²) in [6.45, 7) is 6.73. The minimum Gasteiger partial charge on any atom is -0.490 e. The second-order valence-electron chi connectivity index (χ2n) is 8.53. The first kappa shape index (κ1) is 27.5. The van der Waals surface area contributed by atoms with Gasteiger partial charge in [0.15, 0.2) is 0 Å². The molecule has 3 rings (SSSR count). The molecule has 1 saturated carbocycles. The van der Waals surface area contributed by atoms with Crippen molar-refractivity contribution in [2.75, 3.05) is 39.6 Å². The zero-order valence-corrected chi connectivity index (χ0v) is 21.3. The maximum atomic E-state index is 13.2. The molecule has 1 fully saturated rings. The summed E-state index contributed by atoms with van der Waals surface area (Å²) >= 11 is 0. The molecular formula is C28H38N2O6. The second-order valence-corrected chi connectivity index (χ2v) is 8.53. The topological polar surface area (TPSA) is 95.1 Å². The molecule has 2 unspecified atom stereocenters. The molecule has 196 valence electrons. The number of rotatable bonds is 14. The van der Waals surface area contributed by atoms with E-state index in [0.717, 1.165) is 25.7 Å². The predicted molar refractivity (Wildman–Crippen MR) is 138 cm³/mol. The molecule has 0 aliphatic heterocycles. The molecule has 36 heavy (non-hydrogen) atoms. The molecule has 2 aromatic carbocycles. The molecule has 2 aromatic rings. The van der Waals surface area contributed by atoms with E-state index < -0.39 is 0 Å². The van der Waals surface area contributed by atoms with Crippen LogP contribution in [-0.2, 0) is 9.47 Å². The first-order valence-corrected chi connectivity index (χ1v) is 12.8. The van der Waals surface area contributed by atoms with Crippen molar-refractivity contribution in [3.8, 4) is 11.5 Å². The molecule has 1 aliphatic carbocycles. The smallest absolute Gasteiger partial charge is 0.255 e. The van der Waals surface area contributed by atoms with Gasteiger partial charge in [0.05, 0.1) is 24.3 Å². The molecule has 2 atom stereocenters. The van der Waals surface area contributed by atoms with Crippen LogP contribution in [0.4, 0.5) is 0 Å². The number of carbonyl (C=O) groups excluding carboxylic acids is 2. The number of benzene rings is 2. The normalized spacial score (nSPS) is 17.3. The van der Waals surface area contributed by atoms with Crippen LogP contribution in [0.5, 0.6) is 11.5 Å². The summed E-state index contributed by atoms with van der Waals surface area (Å²) in [7, 11) is 0. The number of carbonyl (C=O) groups is 2. The maximum absolute atomic E-state index is 13.2. The first-order chi connectivity index (χ1) is 17.6. The molecule has 0 radical (unpaired) electrons. The lowest BCUT2D eigenvalue weighted by Crippen LogP contribution is -2.53. The van der Waals surface area contributed by atoms with E-state index in [0.29, 0.717) is 62.3 Å². The second kappa shape index (κ2) is 15.1. The fraction of sp³-hybridized carbons (Fsp3) is 0.500. The van der Waals surface area contributed by atoms with Crippen LogP contribution in [0.2, 0.25) is 0 Å². The van der Waals surface area contributed by atoms with Gasteiger partial charge >= 0.3 is 0 Å². The molecule has 8 nitrogen and oxygen atoms in total. The fourth-order valence-electron chi connectivity index (χ4n) is 4.24. The van der Waals surface area contributed by atoms with Gasteiger partial charge in [0.2, 0.25) is 0 Å². The molecule has 1 aliphatic rings. The Morgan fingerprint density at radius 1 is 0.694 bits per heavy atom. The van der Waals surface area contributed by atoms with Crippen LogP contribution in [0.15, 0.2) is 48.5 Å². The largest absolute Gasteiger partial charge is 0.490 e. The minimum atomic E-state index is -0.215.